The molecule has 0 aliphatic carbocycles. The lowest BCUT2D eigenvalue weighted by atomic mass is 10.2. The predicted molar refractivity (Wildman–Crippen MR) is 86.7 cm³/mol. The Kier molecular flexibility index (Phi) is 4.52. The number of nitrogen functional groups attached to an aromatic ring is 1. The minimum absolute atomic E-state index is 0.0382. The summed E-state index contributed by atoms with van der Waals surface area (Å²) in [5.74, 6) is 1.06. The Bertz CT molecular complexity index is 739. The van der Waals surface area contributed by atoms with Crippen molar-refractivity contribution in [2.75, 3.05) is 51.2 Å². The molecule has 2 N–H and O–H groups in total. The molecule has 0 amide bonds. The smallest absolute Gasteiger partial charge is 0.281 e. The molecule has 0 saturated carbocycles. The van der Waals surface area contributed by atoms with Gasteiger partial charge < -0.3 is 24.8 Å². The van der Waals surface area contributed by atoms with Gasteiger partial charge in [0.2, 0.25) is 11.9 Å². The summed E-state index contributed by atoms with van der Waals surface area (Å²) in [6.45, 7) is 2.51. The first kappa shape index (κ1) is 16.1. The van der Waals surface area contributed by atoms with Gasteiger partial charge in [-0.25, -0.2) is 0 Å². The lowest BCUT2D eigenvalue weighted by Gasteiger charge is -2.25. The maximum Gasteiger partial charge on any atom is 0.281 e. The second-order valence-electron chi connectivity index (χ2n) is 5.16. The molecule has 9 heteroatoms. The van der Waals surface area contributed by atoms with Crippen molar-refractivity contribution in [2.24, 2.45) is 0 Å². The molecule has 1 aliphatic heterocycles. The van der Waals surface area contributed by atoms with Crippen molar-refractivity contribution in [1.29, 1.82) is 0 Å². The Morgan fingerprint density at radius 1 is 1.21 bits per heavy atom. The highest BCUT2D eigenvalue weighted by Crippen LogP contribution is 2.28. The fourth-order valence-corrected chi connectivity index (χ4v) is 2.45. The summed E-state index contributed by atoms with van der Waals surface area (Å²) in [4.78, 5) is 18.8. The van der Waals surface area contributed by atoms with Crippen molar-refractivity contribution in [3.05, 3.63) is 23.8 Å². The molecule has 0 bridgehead atoms. The summed E-state index contributed by atoms with van der Waals surface area (Å²) < 4.78 is 16.8. The van der Waals surface area contributed by atoms with Crippen molar-refractivity contribution in [3.63, 3.8) is 0 Å². The molecule has 0 radical (unpaired) electrons. The van der Waals surface area contributed by atoms with Crippen molar-refractivity contribution < 1.29 is 19.0 Å². The first-order chi connectivity index (χ1) is 11.6. The standard InChI is InChI=1S/C15H19N5O4/c1-22-11-4-3-10(9-12(11)23-2)13(21)20-14(16)17-15(18-20)19-5-7-24-8-6-19/h3-4,9H,5-8H2,1-2H3,(H2,16,17,18). The number of hydrogen-bond donors (Lipinski definition) is 1. The van der Waals surface area contributed by atoms with Crippen LogP contribution in [0.1, 0.15) is 10.4 Å². The second-order valence-corrected chi connectivity index (χ2v) is 5.16. The van der Waals surface area contributed by atoms with Crippen LogP contribution in [0.2, 0.25) is 0 Å². The van der Waals surface area contributed by atoms with Gasteiger partial charge in [0.15, 0.2) is 11.5 Å². The molecule has 1 aromatic heterocycles. The molecule has 1 aromatic carbocycles. The fraction of sp³-hybridized carbons (Fsp3) is 0.400. The van der Waals surface area contributed by atoms with E-state index in [0.717, 1.165) is 4.68 Å². The Labute approximate surface area is 138 Å². The first-order valence-corrected chi connectivity index (χ1v) is 7.46. The SMILES string of the molecule is COc1ccc(C(=O)n2nc(N3CCOCC3)nc2N)cc1OC. The zero-order valence-electron chi connectivity index (χ0n) is 13.6. The molecule has 2 aromatic rings. The number of morpholine rings is 1. The second kappa shape index (κ2) is 6.75. The number of benzene rings is 1. The van der Waals surface area contributed by atoms with Crippen LogP contribution >= 0.6 is 0 Å². The van der Waals surface area contributed by atoms with E-state index in [-0.39, 0.29) is 11.9 Å². The van der Waals surface area contributed by atoms with Gasteiger partial charge in [0.05, 0.1) is 27.4 Å². The maximum atomic E-state index is 12.7. The minimum atomic E-state index is -0.388. The van der Waals surface area contributed by atoms with Crippen LogP contribution in [-0.2, 0) is 4.74 Å². The van der Waals surface area contributed by atoms with E-state index in [1.165, 1.54) is 14.2 Å². The van der Waals surface area contributed by atoms with Gasteiger partial charge in [-0.2, -0.15) is 9.67 Å². The quantitative estimate of drug-likeness (QED) is 0.857. The molecule has 1 fully saturated rings. The highest BCUT2D eigenvalue weighted by Gasteiger charge is 2.21. The van der Waals surface area contributed by atoms with E-state index < -0.39 is 0 Å². The molecule has 0 unspecified atom stereocenters. The summed E-state index contributed by atoms with van der Waals surface area (Å²) in [5.41, 5.74) is 6.24. The zero-order chi connectivity index (χ0) is 17.1. The fourth-order valence-electron chi connectivity index (χ4n) is 2.45. The van der Waals surface area contributed by atoms with Crippen LogP contribution in [0.3, 0.4) is 0 Å². The summed E-state index contributed by atoms with van der Waals surface area (Å²) >= 11 is 0. The maximum absolute atomic E-state index is 12.7. The molecule has 1 saturated heterocycles. The van der Waals surface area contributed by atoms with Crippen molar-refractivity contribution in [1.82, 2.24) is 14.8 Å². The van der Waals surface area contributed by atoms with Gasteiger partial charge in [-0.3, -0.25) is 4.79 Å². The van der Waals surface area contributed by atoms with Crippen LogP contribution in [0.5, 0.6) is 11.5 Å². The number of nitrogens with two attached hydrogens (primary N) is 1. The number of carbonyl (C=O) groups excluding carboxylic acids is 1. The monoisotopic (exact) mass is 333 g/mol. The molecule has 128 valence electrons. The molecule has 2 heterocycles. The number of ether oxygens (including phenoxy) is 3. The highest BCUT2D eigenvalue weighted by atomic mass is 16.5. The van der Waals surface area contributed by atoms with Crippen molar-refractivity contribution in [3.8, 4) is 11.5 Å². The third-order valence-corrected chi connectivity index (χ3v) is 3.74. The van der Waals surface area contributed by atoms with Crippen molar-refractivity contribution >= 4 is 17.8 Å². The summed E-state index contributed by atoms with van der Waals surface area (Å²) in [6, 6.07) is 4.86. The molecule has 0 atom stereocenters. The minimum Gasteiger partial charge on any atom is -0.493 e. The van der Waals surface area contributed by atoms with Gasteiger partial charge in [0.1, 0.15) is 0 Å². The van der Waals surface area contributed by atoms with E-state index in [0.29, 0.717) is 49.3 Å². The summed E-state index contributed by atoms with van der Waals surface area (Å²) in [6.07, 6.45) is 0. The van der Waals surface area contributed by atoms with Gasteiger partial charge in [-0.1, -0.05) is 0 Å². The largest absolute Gasteiger partial charge is 0.493 e. The average molecular weight is 333 g/mol. The third kappa shape index (κ3) is 2.98. The van der Waals surface area contributed by atoms with Gasteiger partial charge in [0.25, 0.3) is 5.91 Å². The number of anilines is 2. The zero-order valence-corrected chi connectivity index (χ0v) is 13.6. The normalized spacial score (nSPS) is 14.5. The molecule has 24 heavy (non-hydrogen) atoms. The van der Waals surface area contributed by atoms with Crippen LogP contribution in [0, 0.1) is 0 Å². The topological polar surface area (TPSA) is 105 Å². The van der Waals surface area contributed by atoms with Crippen LogP contribution in [0.25, 0.3) is 0 Å². The summed E-state index contributed by atoms with van der Waals surface area (Å²) in [7, 11) is 3.04. The van der Waals surface area contributed by atoms with Crippen LogP contribution in [0.4, 0.5) is 11.9 Å². The Hall–Kier alpha value is -2.81. The third-order valence-electron chi connectivity index (χ3n) is 3.74. The molecule has 0 spiro atoms. The highest BCUT2D eigenvalue weighted by molar-refractivity contribution is 5.97. The number of carbonyl (C=O) groups is 1. The van der Waals surface area contributed by atoms with E-state index >= 15 is 0 Å². The summed E-state index contributed by atoms with van der Waals surface area (Å²) in [5, 5.41) is 4.24. The molecule has 9 nitrogen and oxygen atoms in total. The lowest BCUT2D eigenvalue weighted by Crippen LogP contribution is -2.37. The van der Waals surface area contributed by atoms with E-state index in [9.17, 15) is 4.79 Å². The molecular formula is C15H19N5O4. The number of nitrogens with zero attached hydrogens (tertiary/aromatic N) is 4. The Morgan fingerprint density at radius 3 is 2.58 bits per heavy atom. The Balaban J connectivity index is 1.88. The van der Waals surface area contributed by atoms with Crippen LogP contribution < -0.4 is 20.1 Å². The lowest BCUT2D eigenvalue weighted by molar-refractivity contribution is 0.0947. The van der Waals surface area contributed by atoms with E-state index in [1.54, 1.807) is 18.2 Å². The average Bonchev–Trinajstić information content (AvgIpc) is 3.03. The van der Waals surface area contributed by atoms with Crippen molar-refractivity contribution in [2.45, 2.75) is 0 Å². The van der Waals surface area contributed by atoms with Crippen LogP contribution in [-0.4, -0.2) is 61.2 Å². The number of aromatic nitrogens is 3. The van der Waals surface area contributed by atoms with Gasteiger partial charge in [-0.05, 0) is 18.2 Å². The number of rotatable bonds is 4. The number of methoxy groups -OCH3 is 2. The Morgan fingerprint density at radius 2 is 1.92 bits per heavy atom. The van der Waals surface area contributed by atoms with Crippen LogP contribution in [0.15, 0.2) is 18.2 Å². The molecule has 1 aliphatic rings. The van der Waals surface area contributed by atoms with Gasteiger partial charge in [0, 0.05) is 18.7 Å². The van der Waals surface area contributed by atoms with Gasteiger partial charge in [-0.15, -0.1) is 5.10 Å². The predicted octanol–water partition coefficient (Wildman–Crippen LogP) is 0.403. The first-order valence-electron chi connectivity index (χ1n) is 7.46. The molecular weight excluding hydrogens is 314 g/mol. The number of hydrogen-bond acceptors (Lipinski definition) is 8. The van der Waals surface area contributed by atoms with Gasteiger partial charge >= 0.3 is 0 Å². The van der Waals surface area contributed by atoms with E-state index in [2.05, 4.69) is 10.1 Å². The molecule has 3 rings (SSSR count). The van der Waals surface area contributed by atoms with E-state index in [4.69, 9.17) is 19.9 Å². The van der Waals surface area contributed by atoms with E-state index in [1.807, 2.05) is 4.90 Å².